The number of amides is 2. The SMILES string of the molecule is Cc1cc(Br)cc(C(N)=O)c1NC(=O)c1cc(Cn2nnc(-c3ccc(C(F)(F)F)cc3)n2)nn1C1CC1. The summed E-state index contributed by atoms with van der Waals surface area (Å²) in [6.07, 6.45) is -2.71. The minimum absolute atomic E-state index is 0.0672. The Labute approximate surface area is 222 Å². The summed E-state index contributed by atoms with van der Waals surface area (Å²) >= 11 is 3.33. The maximum absolute atomic E-state index is 13.3. The number of nitrogens with two attached hydrogens (primary N) is 1. The molecule has 2 aromatic heterocycles. The summed E-state index contributed by atoms with van der Waals surface area (Å²) in [5.41, 5.74) is 7.04. The van der Waals surface area contributed by atoms with Gasteiger partial charge in [-0.05, 0) is 60.9 Å². The van der Waals surface area contributed by atoms with Gasteiger partial charge in [-0.1, -0.05) is 28.1 Å². The Hall–Kier alpha value is -4.07. The van der Waals surface area contributed by atoms with E-state index < -0.39 is 23.6 Å². The molecule has 0 atom stereocenters. The molecule has 1 aliphatic carbocycles. The van der Waals surface area contributed by atoms with Crippen molar-refractivity contribution in [3.63, 3.8) is 0 Å². The molecular formula is C24H20BrF3N8O2. The van der Waals surface area contributed by atoms with E-state index in [4.69, 9.17) is 5.73 Å². The first-order chi connectivity index (χ1) is 18.0. The van der Waals surface area contributed by atoms with E-state index in [2.05, 4.69) is 41.8 Å². The highest BCUT2D eigenvalue weighted by molar-refractivity contribution is 9.10. The van der Waals surface area contributed by atoms with Crippen LogP contribution in [0.5, 0.6) is 0 Å². The standard InChI is InChI=1S/C24H20BrF3N8O2/c1-12-8-15(25)9-18(21(29)37)20(12)30-23(38)19-10-16(32-36(19)17-6-7-17)11-35-33-22(31-34-35)13-2-4-14(5-3-13)24(26,27)28/h2-5,8-10,17H,6-7,11H2,1H3,(H2,29,37)(H,30,38). The number of aryl methyl sites for hydroxylation is 1. The summed E-state index contributed by atoms with van der Waals surface area (Å²) in [5.74, 6) is -0.981. The number of alkyl halides is 3. The van der Waals surface area contributed by atoms with Gasteiger partial charge in [-0.3, -0.25) is 14.3 Å². The fraction of sp³-hybridized carbons (Fsp3) is 0.250. The van der Waals surface area contributed by atoms with Crippen molar-refractivity contribution in [2.45, 2.75) is 38.5 Å². The fourth-order valence-electron chi connectivity index (χ4n) is 3.95. The van der Waals surface area contributed by atoms with Crippen LogP contribution >= 0.6 is 15.9 Å². The molecule has 38 heavy (non-hydrogen) atoms. The third-order valence-corrected chi connectivity index (χ3v) is 6.40. The average Bonchev–Trinajstić information content (AvgIpc) is 3.45. The molecule has 5 rings (SSSR count). The predicted octanol–water partition coefficient (Wildman–Crippen LogP) is 4.36. The number of nitrogens with one attached hydrogen (secondary N) is 1. The molecule has 196 valence electrons. The third kappa shape index (κ3) is 5.30. The molecule has 0 bridgehead atoms. The molecule has 0 saturated heterocycles. The molecule has 2 heterocycles. The van der Waals surface area contributed by atoms with E-state index in [0.717, 1.165) is 25.0 Å². The summed E-state index contributed by atoms with van der Waals surface area (Å²) in [6, 6.07) is 9.43. The molecule has 2 amide bonds. The largest absolute Gasteiger partial charge is 0.416 e. The van der Waals surface area contributed by atoms with Crippen LogP contribution in [0.1, 0.15) is 56.6 Å². The normalized spacial score (nSPS) is 13.5. The lowest BCUT2D eigenvalue weighted by molar-refractivity contribution is -0.137. The summed E-state index contributed by atoms with van der Waals surface area (Å²) in [6.45, 7) is 1.83. The number of tetrazole rings is 1. The second-order valence-electron chi connectivity index (χ2n) is 8.88. The monoisotopic (exact) mass is 588 g/mol. The van der Waals surface area contributed by atoms with Gasteiger partial charge >= 0.3 is 6.18 Å². The maximum atomic E-state index is 13.3. The fourth-order valence-corrected chi connectivity index (χ4v) is 4.52. The smallest absolute Gasteiger partial charge is 0.366 e. The van der Waals surface area contributed by atoms with Crippen molar-refractivity contribution in [1.82, 2.24) is 30.0 Å². The molecule has 1 fully saturated rings. The Kier molecular flexibility index (Phi) is 6.51. The lowest BCUT2D eigenvalue weighted by Gasteiger charge is -2.13. The summed E-state index contributed by atoms with van der Waals surface area (Å²) < 4.78 is 40.8. The maximum Gasteiger partial charge on any atom is 0.416 e. The van der Waals surface area contributed by atoms with Crippen molar-refractivity contribution in [3.05, 3.63) is 75.0 Å². The van der Waals surface area contributed by atoms with E-state index in [1.54, 1.807) is 29.8 Å². The van der Waals surface area contributed by atoms with Gasteiger partial charge in [-0.25, -0.2) is 0 Å². The van der Waals surface area contributed by atoms with Crippen molar-refractivity contribution in [2.24, 2.45) is 5.73 Å². The van der Waals surface area contributed by atoms with E-state index in [9.17, 15) is 22.8 Å². The number of hydrogen-bond donors (Lipinski definition) is 2. The number of carbonyl (C=O) groups is 2. The van der Waals surface area contributed by atoms with Crippen molar-refractivity contribution >= 4 is 33.4 Å². The van der Waals surface area contributed by atoms with E-state index in [1.165, 1.54) is 16.9 Å². The van der Waals surface area contributed by atoms with Crippen LogP contribution in [0.3, 0.4) is 0 Å². The van der Waals surface area contributed by atoms with E-state index in [-0.39, 0.29) is 24.0 Å². The molecule has 4 aromatic rings. The van der Waals surface area contributed by atoms with Gasteiger partial charge in [0.15, 0.2) is 0 Å². The molecule has 0 unspecified atom stereocenters. The second-order valence-corrected chi connectivity index (χ2v) is 9.79. The predicted molar refractivity (Wildman–Crippen MR) is 133 cm³/mol. The lowest BCUT2D eigenvalue weighted by Crippen LogP contribution is -2.21. The van der Waals surface area contributed by atoms with Crippen LogP contribution in [0.25, 0.3) is 11.4 Å². The molecule has 0 spiro atoms. The van der Waals surface area contributed by atoms with Gasteiger partial charge in [-0.15, -0.1) is 10.2 Å². The molecule has 14 heteroatoms. The van der Waals surface area contributed by atoms with E-state index in [0.29, 0.717) is 32.7 Å². The van der Waals surface area contributed by atoms with Gasteiger partial charge in [0, 0.05) is 10.0 Å². The Morgan fingerprint density at radius 2 is 1.84 bits per heavy atom. The topological polar surface area (TPSA) is 134 Å². The molecular weight excluding hydrogens is 569 g/mol. The van der Waals surface area contributed by atoms with Gasteiger partial charge in [0.1, 0.15) is 12.2 Å². The minimum atomic E-state index is -4.44. The number of anilines is 1. The van der Waals surface area contributed by atoms with Crippen LogP contribution in [0.2, 0.25) is 0 Å². The molecule has 0 aliphatic heterocycles. The lowest BCUT2D eigenvalue weighted by atomic mass is 10.1. The molecule has 1 saturated carbocycles. The number of halogens is 4. The van der Waals surface area contributed by atoms with Crippen LogP contribution in [0.15, 0.2) is 46.9 Å². The number of benzene rings is 2. The quantitative estimate of drug-likeness (QED) is 0.329. The molecule has 1 aliphatic rings. The first-order valence-corrected chi connectivity index (χ1v) is 12.2. The highest BCUT2D eigenvalue weighted by Gasteiger charge is 2.31. The van der Waals surface area contributed by atoms with Crippen LogP contribution in [0, 0.1) is 6.92 Å². The van der Waals surface area contributed by atoms with Crippen LogP contribution in [0.4, 0.5) is 18.9 Å². The zero-order chi connectivity index (χ0) is 27.2. The van der Waals surface area contributed by atoms with Gasteiger partial charge in [-0.2, -0.15) is 23.1 Å². The Morgan fingerprint density at radius 1 is 1.13 bits per heavy atom. The third-order valence-electron chi connectivity index (χ3n) is 5.94. The first-order valence-electron chi connectivity index (χ1n) is 11.4. The summed E-state index contributed by atoms with van der Waals surface area (Å²) in [5, 5.41) is 19.5. The van der Waals surface area contributed by atoms with Crippen molar-refractivity contribution in [1.29, 1.82) is 0 Å². The zero-order valence-corrected chi connectivity index (χ0v) is 21.4. The van der Waals surface area contributed by atoms with Gasteiger partial charge in [0.25, 0.3) is 11.8 Å². The van der Waals surface area contributed by atoms with Crippen LogP contribution in [-0.4, -0.2) is 41.8 Å². The Morgan fingerprint density at radius 3 is 2.47 bits per heavy atom. The second kappa shape index (κ2) is 9.67. The Bertz CT molecular complexity index is 1540. The van der Waals surface area contributed by atoms with Crippen LogP contribution < -0.4 is 11.1 Å². The van der Waals surface area contributed by atoms with Gasteiger partial charge < -0.3 is 11.1 Å². The van der Waals surface area contributed by atoms with E-state index >= 15 is 0 Å². The summed E-state index contributed by atoms with van der Waals surface area (Å²) in [4.78, 5) is 26.5. The molecule has 10 nitrogen and oxygen atoms in total. The Balaban J connectivity index is 1.37. The van der Waals surface area contributed by atoms with E-state index in [1.807, 2.05) is 0 Å². The highest BCUT2D eigenvalue weighted by Crippen LogP contribution is 2.36. The highest BCUT2D eigenvalue weighted by atomic mass is 79.9. The number of carbonyl (C=O) groups excluding carboxylic acids is 2. The summed E-state index contributed by atoms with van der Waals surface area (Å²) in [7, 11) is 0. The average molecular weight is 589 g/mol. The van der Waals surface area contributed by atoms with Crippen molar-refractivity contribution in [3.8, 4) is 11.4 Å². The van der Waals surface area contributed by atoms with Crippen LogP contribution in [-0.2, 0) is 12.7 Å². The number of rotatable bonds is 7. The zero-order valence-electron chi connectivity index (χ0n) is 19.8. The van der Waals surface area contributed by atoms with Crippen molar-refractivity contribution in [2.75, 3.05) is 5.32 Å². The number of primary amides is 1. The number of hydrogen-bond acceptors (Lipinski definition) is 6. The molecule has 0 radical (unpaired) electrons. The first kappa shape index (κ1) is 25.6. The number of aromatic nitrogens is 6. The molecule has 3 N–H and O–H groups in total. The number of nitrogens with zero attached hydrogens (tertiary/aromatic N) is 6. The van der Waals surface area contributed by atoms with Gasteiger partial charge in [0.05, 0.1) is 28.6 Å². The van der Waals surface area contributed by atoms with Gasteiger partial charge in [0.2, 0.25) is 5.82 Å². The molecule has 2 aromatic carbocycles. The van der Waals surface area contributed by atoms with Crippen molar-refractivity contribution < 1.29 is 22.8 Å². The minimum Gasteiger partial charge on any atom is -0.366 e.